The maximum absolute atomic E-state index is 13.8. The number of unbranched alkanes of at least 4 members (excludes halogenated alkanes) is 4. The van der Waals surface area contributed by atoms with E-state index in [2.05, 4.69) is 13.8 Å². The lowest BCUT2D eigenvalue weighted by atomic mass is 9.81. The van der Waals surface area contributed by atoms with Gasteiger partial charge in [-0.15, -0.1) is 0 Å². The molecule has 0 amide bonds. The summed E-state index contributed by atoms with van der Waals surface area (Å²) in [7, 11) is 0. The summed E-state index contributed by atoms with van der Waals surface area (Å²) in [6, 6.07) is 22.0. The minimum absolute atomic E-state index is 0.213. The summed E-state index contributed by atoms with van der Waals surface area (Å²) in [5, 5.41) is 0. The van der Waals surface area contributed by atoms with Crippen LogP contribution in [0.25, 0.3) is 11.1 Å². The maximum atomic E-state index is 13.8. The van der Waals surface area contributed by atoms with E-state index in [9.17, 15) is 22.8 Å². The van der Waals surface area contributed by atoms with Gasteiger partial charge in [0.2, 0.25) is 0 Å². The Morgan fingerprint density at radius 2 is 1.50 bits per heavy atom. The largest absolute Gasteiger partial charge is 0.494 e. The number of rotatable bonds is 17. The summed E-state index contributed by atoms with van der Waals surface area (Å²) in [5.41, 5.74) is 3.63. The lowest BCUT2D eigenvalue weighted by Gasteiger charge is -2.33. The van der Waals surface area contributed by atoms with Gasteiger partial charge >= 0.3 is 18.1 Å². The summed E-state index contributed by atoms with van der Waals surface area (Å²) >= 11 is 0. The van der Waals surface area contributed by atoms with Crippen molar-refractivity contribution in [1.29, 1.82) is 0 Å². The second-order valence-corrected chi connectivity index (χ2v) is 12.9. The van der Waals surface area contributed by atoms with E-state index in [0.717, 1.165) is 54.0 Å². The van der Waals surface area contributed by atoms with Crippen LogP contribution in [0.15, 0.2) is 72.8 Å². The highest BCUT2D eigenvalue weighted by Crippen LogP contribution is 2.40. The number of hydrogen-bond donors (Lipinski definition) is 0. The van der Waals surface area contributed by atoms with Gasteiger partial charge in [0.05, 0.1) is 18.1 Å². The number of fused-ring (bicyclic) bond motifs is 1. The molecule has 260 valence electrons. The molecule has 0 saturated carbocycles. The Bertz CT molecular complexity index is 1430. The number of hydrogen-bond acceptors (Lipinski definition) is 5. The molecular formula is C40H49F3O5. The van der Waals surface area contributed by atoms with Crippen LogP contribution in [0.5, 0.6) is 5.75 Å². The molecular weight excluding hydrogens is 617 g/mol. The first-order chi connectivity index (χ1) is 23.1. The average Bonchev–Trinajstić information content (AvgIpc) is 3.09. The van der Waals surface area contributed by atoms with Gasteiger partial charge in [0.15, 0.2) is 6.10 Å². The van der Waals surface area contributed by atoms with Crippen LogP contribution in [-0.4, -0.2) is 30.8 Å². The van der Waals surface area contributed by atoms with Crippen molar-refractivity contribution in [2.75, 3.05) is 6.61 Å². The molecule has 3 aromatic rings. The van der Waals surface area contributed by atoms with Crippen LogP contribution in [0.4, 0.5) is 13.2 Å². The van der Waals surface area contributed by atoms with E-state index < -0.39 is 36.2 Å². The van der Waals surface area contributed by atoms with Gasteiger partial charge in [-0.2, -0.15) is 13.2 Å². The van der Waals surface area contributed by atoms with Gasteiger partial charge in [0.25, 0.3) is 0 Å². The van der Waals surface area contributed by atoms with Crippen LogP contribution in [-0.2, 0) is 20.7 Å². The molecule has 1 aliphatic rings. The Hall–Kier alpha value is -3.81. The molecule has 1 aliphatic carbocycles. The predicted octanol–water partition coefficient (Wildman–Crippen LogP) is 10.9. The summed E-state index contributed by atoms with van der Waals surface area (Å²) in [6.45, 7) is 7.14. The maximum Gasteiger partial charge on any atom is 0.425 e. The van der Waals surface area contributed by atoms with Crippen LogP contribution in [0, 0.1) is 11.8 Å². The molecule has 0 spiro atoms. The van der Waals surface area contributed by atoms with Crippen LogP contribution in [0.3, 0.4) is 0 Å². The Balaban J connectivity index is 1.41. The van der Waals surface area contributed by atoms with E-state index in [1.165, 1.54) is 12.8 Å². The molecule has 0 aromatic heterocycles. The lowest BCUT2D eigenvalue weighted by Crippen LogP contribution is -2.39. The van der Waals surface area contributed by atoms with E-state index in [-0.39, 0.29) is 18.4 Å². The number of halogens is 3. The van der Waals surface area contributed by atoms with Crippen molar-refractivity contribution in [2.24, 2.45) is 11.8 Å². The Kier molecular flexibility index (Phi) is 14.0. The van der Waals surface area contributed by atoms with E-state index in [1.807, 2.05) is 55.5 Å². The molecule has 2 unspecified atom stereocenters. The standard InChI is InChI=1S/C40H49F3O5/c1-4-6-7-8-16-36(40(41,42)43)47-39(45)35-26-23-31-14-9-10-15-34(31)37(35)48-38(44)32-19-17-29(18-20-32)30-21-24-33(25-22-30)46-27-12-11-13-28(3)5-2/h9-10,14-15,17-22,24-25,28,35-37H,4-8,11-13,16,23,26-27H2,1-3H3/t28-,35?,36+,37?/m0/s1. The third-order valence-electron chi connectivity index (χ3n) is 9.30. The molecule has 0 heterocycles. The molecule has 48 heavy (non-hydrogen) atoms. The van der Waals surface area contributed by atoms with Crippen molar-refractivity contribution in [3.63, 3.8) is 0 Å². The van der Waals surface area contributed by atoms with Crippen molar-refractivity contribution in [3.05, 3.63) is 89.5 Å². The van der Waals surface area contributed by atoms with Crippen LogP contribution >= 0.6 is 0 Å². The first-order valence-corrected chi connectivity index (χ1v) is 17.5. The van der Waals surface area contributed by atoms with E-state index in [1.54, 1.807) is 24.3 Å². The van der Waals surface area contributed by atoms with Crippen molar-refractivity contribution in [2.45, 2.75) is 110 Å². The number of ether oxygens (including phenoxy) is 3. The molecule has 0 fully saturated rings. The molecule has 8 heteroatoms. The summed E-state index contributed by atoms with van der Waals surface area (Å²) < 4.78 is 58.5. The fraction of sp³-hybridized carbons (Fsp3) is 0.500. The Labute approximate surface area is 283 Å². The number of benzene rings is 3. The van der Waals surface area contributed by atoms with Crippen molar-refractivity contribution >= 4 is 11.9 Å². The summed E-state index contributed by atoms with van der Waals surface area (Å²) in [5.74, 6) is -1.16. The Morgan fingerprint density at radius 1 is 0.833 bits per heavy atom. The first kappa shape index (κ1) is 37.0. The van der Waals surface area contributed by atoms with Crippen LogP contribution in [0.1, 0.15) is 113 Å². The molecule has 5 nitrogen and oxygen atoms in total. The number of carbonyl (C=O) groups is 2. The van der Waals surface area contributed by atoms with Gasteiger partial charge in [0, 0.05) is 0 Å². The molecule has 4 atom stereocenters. The highest BCUT2D eigenvalue weighted by molar-refractivity contribution is 5.90. The number of aryl methyl sites for hydroxylation is 1. The predicted molar refractivity (Wildman–Crippen MR) is 182 cm³/mol. The monoisotopic (exact) mass is 666 g/mol. The molecule has 0 bridgehead atoms. The first-order valence-electron chi connectivity index (χ1n) is 17.5. The third kappa shape index (κ3) is 10.6. The van der Waals surface area contributed by atoms with Crippen molar-refractivity contribution < 1.29 is 37.0 Å². The summed E-state index contributed by atoms with van der Waals surface area (Å²) in [6.07, 6.45) is -0.317. The van der Waals surface area contributed by atoms with Crippen molar-refractivity contribution in [3.8, 4) is 16.9 Å². The number of alkyl halides is 3. The fourth-order valence-corrected chi connectivity index (χ4v) is 6.09. The SMILES string of the molecule is CCCCCC[C@@H](OC(=O)C1CCc2ccccc2C1OC(=O)c1ccc(-c2ccc(OCCCC[C@@H](C)CC)cc2)cc1)C(F)(F)F. The van der Waals surface area contributed by atoms with Crippen LogP contribution < -0.4 is 4.74 Å². The molecule has 0 saturated heterocycles. The zero-order valence-electron chi connectivity index (χ0n) is 28.4. The van der Waals surface area contributed by atoms with Crippen LogP contribution in [0.2, 0.25) is 0 Å². The molecule has 0 radical (unpaired) electrons. The minimum atomic E-state index is -4.68. The van der Waals surface area contributed by atoms with Gasteiger partial charge in [0.1, 0.15) is 11.9 Å². The number of carbonyl (C=O) groups excluding carboxylic acids is 2. The second kappa shape index (κ2) is 18.1. The van der Waals surface area contributed by atoms with Gasteiger partial charge in [-0.25, -0.2) is 4.79 Å². The molecule has 4 rings (SSSR count). The summed E-state index contributed by atoms with van der Waals surface area (Å²) in [4.78, 5) is 26.7. The lowest BCUT2D eigenvalue weighted by molar-refractivity contribution is -0.227. The average molecular weight is 667 g/mol. The zero-order chi connectivity index (χ0) is 34.5. The molecule has 0 aliphatic heterocycles. The van der Waals surface area contributed by atoms with Gasteiger partial charge in [-0.05, 0) is 91.0 Å². The quantitative estimate of drug-likeness (QED) is 0.106. The number of esters is 2. The normalized spacial score (nSPS) is 17.2. The highest BCUT2D eigenvalue weighted by Gasteiger charge is 2.45. The van der Waals surface area contributed by atoms with Crippen molar-refractivity contribution in [1.82, 2.24) is 0 Å². The van der Waals surface area contributed by atoms with Gasteiger partial charge in [-0.1, -0.05) is 101 Å². The van der Waals surface area contributed by atoms with E-state index in [4.69, 9.17) is 14.2 Å². The van der Waals surface area contributed by atoms with E-state index >= 15 is 0 Å². The third-order valence-corrected chi connectivity index (χ3v) is 9.30. The fourth-order valence-electron chi connectivity index (χ4n) is 6.09. The smallest absolute Gasteiger partial charge is 0.425 e. The molecule has 3 aromatic carbocycles. The highest BCUT2D eigenvalue weighted by atomic mass is 19.4. The second-order valence-electron chi connectivity index (χ2n) is 12.9. The van der Waals surface area contributed by atoms with Gasteiger partial charge < -0.3 is 14.2 Å². The minimum Gasteiger partial charge on any atom is -0.494 e. The van der Waals surface area contributed by atoms with Gasteiger partial charge in [-0.3, -0.25) is 4.79 Å². The van der Waals surface area contributed by atoms with E-state index in [0.29, 0.717) is 31.4 Å². The Morgan fingerprint density at radius 3 is 2.17 bits per heavy atom. The zero-order valence-corrected chi connectivity index (χ0v) is 28.4. The topological polar surface area (TPSA) is 61.8 Å². The molecule has 0 N–H and O–H groups in total.